The van der Waals surface area contributed by atoms with Gasteiger partial charge in [-0.2, -0.15) is 0 Å². The molecule has 0 spiro atoms. The average molecular weight is 777 g/mol. The lowest BCUT2D eigenvalue weighted by Gasteiger charge is -2.13. The second-order valence-electron chi connectivity index (χ2n) is 12.4. The van der Waals surface area contributed by atoms with Crippen LogP contribution < -0.4 is 9.80 Å². The van der Waals surface area contributed by atoms with E-state index in [1.54, 1.807) is 48.5 Å². The molecular formula is C42H28F8N2O4. The monoisotopic (exact) mass is 776 g/mol. The zero-order valence-corrected chi connectivity index (χ0v) is 29.9. The topological polar surface area (TPSA) is 59.1 Å². The quantitative estimate of drug-likeness (QED) is 0.0519. The number of halogens is 8. The van der Waals surface area contributed by atoms with E-state index in [9.17, 15) is 44.7 Å². The first-order chi connectivity index (χ1) is 26.5. The number of hydrogen-bond acceptors (Lipinski definition) is 6. The summed E-state index contributed by atoms with van der Waals surface area (Å²) in [6.07, 6.45) is 0. The Morgan fingerprint density at radius 2 is 0.821 bits per heavy atom. The highest BCUT2D eigenvalue weighted by molar-refractivity contribution is 5.98. The second kappa shape index (κ2) is 17.1. The molecule has 0 unspecified atom stereocenters. The van der Waals surface area contributed by atoms with E-state index in [0.29, 0.717) is 23.3 Å². The lowest BCUT2D eigenvalue weighted by atomic mass is 9.97. The molecule has 5 aromatic carbocycles. The van der Waals surface area contributed by atoms with E-state index in [1.807, 2.05) is 38.0 Å². The molecule has 5 aromatic rings. The summed E-state index contributed by atoms with van der Waals surface area (Å²) in [5, 5.41) is 0. The number of carbonyl (C=O) groups is 2. The van der Waals surface area contributed by atoms with Gasteiger partial charge in [0.15, 0.2) is 46.5 Å². The molecule has 0 aliphatic rings. The van der Waals surface area contributed by atoms with Gasteiger partial charge in [-0.15, -0.1) is 0 Å². The van der Waals surface area contributed by atoms with E-state index >= 15 is 0 Å². The van der Waals surface area contributed by atoms with Crippen LogP contribution in [-0.2, 0) is 22.7 Å². The Labute approximate surface area is 315 Å². The molecule has 0 aliphatic heterocycles. The molecular weight excluding hydrogens is 748 g/mol. The Morgan fingerprint density at radius 1 is 0.482 bits per heavy atom. The molecule has 286 valence electrons. The van der Waals surface area contributed by atoms with Crippen molar-refractivity contribution < 1.29 is 54.2 Å². The summed E-state index contributed by atoms with van der Waals surface area (Å²) in [6, 6.07) is 16.4. The number of nitrogens with zero attached hydrogens (tertiary/aromatic N) is 2. The first kappa shape index (κ1) is 40.4. The molecule has 0 heterocycles. The number of benzene rings is 5. The van der Waals surface area contributed by atoms with E-state index in [0.717, 1.165) is 23.5 Å². The minimum Gasteiger partial charge on any atom is -0.457 e. The number of hydrogen-bond donors (Lipinski definition) is 0. The first-order valence-corrected chi connectivity index (χ1v) is 16.3. The summed E-state index contributed by atoms with van der Waals surface area (Å²) in [4.78, 5) is 30.8. The van der Waals surface area contributed by atoms with Crippen molar-refractivity contribution in [2.24, 2.45) is 0 Å². The van der Waals surface area contributed by atoms with Gasteiger partial charge >= 0.3 is 11.9 Å². The predicted molar refractivity (Wildman–Crippen MR) is 191 cm³/mol. The molecule has 0 N–H and O–H groups in total. The zero-order valence-electron chi connectivity index (χ0n) is 29.9. The number of carbonyl (C=O) groups excluding carboxylic acids is 2. The molecule has 0 radical (unpaired) electrons. The standard InChI is InChI=1S/C42H28F8N2O4/c1-51(2)29-13-7-23(8-14-29)5-11-25-17-32(42(54)56-22-28-20-34(44)38(48)40(50)36(28)46)26(12-6-24-9-15-30(16-10-24)52(3)4)18-31(25)41(53)55-21-27-19-33(43)37(47)39(49)35(27)45/h7-10,13-20H,21-22H2,1-4H3. The van der Waals surface area contributed by atoms with Gasteiger partial charge in [0.05, 0.1) is 11.1 Å². The maximum Gasteiger partial charge on any atom is 0.339 e. The summed E-state index contributed by atoms with van der Waals surface area (Å²) in [6.45, 7) is -2.12. The molecule has 0 saturated carbocycles. The van der Waals surface area contributed by atoms with Crippen LogP contribution in [0.3, 0.4) is 0 Å². The summed E-state index contributed by atoms with van der Waals surface area (Å²) < 4.78 is 122. The number of esters is 2. The van der Waals surface area contributed by atoms with Crippen LogP contribution in [0.25, 0.3) is 0 Å². The van der Waals surface area contributed by atoms with Crippen molar-refractivity contribution in [1.82, 2.24) is 0 Å². The summed E-state index contributed by atoms with van der Waals surface area (Å²) in [7, 11) is 7.28. The molecule has 0 amide bonds. The van der Waals surface area contributed by atoms with Gasteiger partial charge in [-0.25, -0.2) is 44.7 Å². The first-order valence-electron chi connectivity index (χ1n) is 16.3. The fraction of sp³-hybridized carbons (Fsp3) is 0.143. The van der Waals surface area contributed by atoms with Gasteiger partial charge in [-0.1, -0.05) is 23.7 Å². The Bertz CT molecular complexity index is 2290. The average Bonchev–Trinajstić information content (AvgIpc) is 3.19. The molecule has 0 atom stereocenters. The second-order valence-corrected chi connectivity index (χ2v) is 12.4. The molecule has 0 bridgehead atoms. The van der Waals surface area contributed by atoms with E-state index in [2.05, 4.69) is 23.7 Å². The van der Waals surface area contributed by atoms with Crippen molar-refractivity contribution in [2.45, 2.75) is 13.2 Å². The highest BCUT2D eigenvalue weighted by atomic mass is 19.2. The lowest BCUT2D eigenvalue weighted by Crippen LogP contribution is -2.14. The van der Waals surface area contributed by atoms with Crippen molar-refractivity contribution in [3.63, 3.8) is 0 Å². The molecule has 0 fully saturated rings. The van der Waals surface area contributed by atoms with Crippen LogP contribution in [0.15, 0.2) is 72.8 Å². The maximum atomic E-state index is 14.4. The van der Waals surface area contributed by atoms with Crippen LogP contribution in [0.1, 0.15) is 54.1 Å². The van der Waals surface area contributed by atoms with Crippen LogP contribution in [0, 0.1) is 70.2 Å². The Hall–Kier alpha value is -6.80. The largest absolute Gasteiger partial charge is 0.457 e. The molecule has 56 heavy (non-hydrogen) atoms. The highest BCUT2D eigenvalue weighted by Gasteiger charge is 2.25. The minimum atomic E-state index is -2.12. The van der Waals surface area contributed by atoms with Gasteiger partial charge in [-0.05, 0) is 72.8 Å². The molecule has 0 saturated heterocycles. The van der Waals surface area contributed by atoms with Crippen molar-refractivity contribution in [2.75, 3.05) is 38.0 Å². The van der Waals surface area contributed by atoms with Crippen molar-refractivity contribution in [3.05, 3.63) is 164 Å². The minimum absolute atomic E-state index is 0.207. The van der Waals surface area contributed by atoms with Crippen molar-refractivity contribution >= 4 is 23.3 Å². The van der Waals surface area contributed by atoms with Gasteiger partial charge in [0.25, 0.3) is 0 Å². The van der Waals surface area contributed by atoms with E-state index in [4.69, 9.17) is 9.47 Å². The third-order valence-electron chi connectivity index (χ3n) is 8.12. The Balaban J connectivity index is 1.62. The normalized spacial score (nSPS) is 10.5. The van der Waals surface area contributed by atoms with E-state index in [1.165, 1.54) is 0 Å². The fourth-order valence-corrected chi connectivity index (χ4v) is 5.00. The summed E-state index contributed by atoms with van der Waals surface area (Å²) in [5.41, 5.74) is -0.255. The maximum absolute atomic E-state index is 14.4. The van der Waals surface area contributed by atoms with E-state index < -0.39 is 82.8 Å². The SMILES string of the molecule is CN(C)c1ccc(C#Cc2cc(C(=O)OCc3cc(F)c(F)c(F)c3F)c(C#Cc3ccc(N(C)C)cc3)cc2C(=O)OCc2cc(F)c(F)c(F)c2F)cc1. The molecule has 0 aliphatic carbocycles. The summed E-state index contributed by atoms with van der Waals surface area (Å²) in [5.74, 6) is -6.73. The highest BCUT2D eigenvalue weighted by Crippen LogP contribution is 2.25. The van der Waals surface area contributed by atoms with Crippen LogP contribution >= 0.6 is 0 Å². The molecule has 6 nitrogen and oxygen atoms in total. The fourth-order valence-electron chi connectivity index (χ4n) is 5.00. The third kappa shape index (κ3) is 9.10. The summed E-state index contributed by atoms with van der Waals surface area (Å²) >= 11 is 0. The van der Waals surface area contributed by atoms with Crippen LogP contribution in [0.2, 0.25) is 0 Å². The number of anilines is 2. The van der Waals surface area contributed by atoms with Gasteiger partial charge in [0, 0.05) is 72.9 Å². The van der Waals surface area contributed by atoms with Gasteiger partial charge in [0.2, 0.25) is 0 Å². The van der Waals surface area contributed by atoms with Gasteiger partial charge < -0.3 is 19.3 Å². The molecule has 5 rings (SSSR count). The van der Waals surface area contributed by atoms with Gasteiger partial charge in [0.1, 0.15) is 13.2 Å². The lowest BCUT2D eigenvalue weighted by molar-refractivity contribution is 0.0452. The molecule has 0 aromatic heterocycles. The number of ether oxygens (including phenoxy) is 2. The Kier molecular flexibility index (Phi) is 12.3. The van der Waals surface area contributed by atoms with Crippen LogP contribution in [0.5, 0.6) is 0 Å². The number of rotatable bonds is 8. The third-order valence-corrected chi connectivity index (χ3v) is 8.12. The van der Waals surface area contributed by atoms with E-state index in [-0.39, 0.29) is 22.3 Å². The van der Waals surface area contributed by atoms with Crippen molar-refractivity contribution in [1.29, 1.82) is 0 Å². The van der Waals surface area contributed by atoms with Gasteiger partial charge in [-0.3, -0.25) is 0 Å². The zero-order chi connectivity index (χ0) is 40.8. The molecule has 14 heteroatoms. The van der Waals surface area contributed by atoms with Crippen LogP contribution in [-0.4, -0.2) is 40.1 Å². The smallest absolute Gasteiger partial charge is 0.339 e. The Morgan fingerprint density at radius 3 is 1.14 bits per heavy atom. The van der Waals surface area contributed by atoms with Crippen LogP contribution in [0.4, 0.5) is 46.5 Å². The predicted octanol–water partition coefficient (Wildman–Crippen LogP) is 8.45. The van der Waals surface area contributed by atoms with Crippen molar-refractivity contribution in [3.8, 4) is 23.7 Å².